The molecule has 6 heteroatoms. The van der Waals surface area contributed by atoms with Gasteiger partial charge in [-0.3, -0.25) is 14.5 Å². The second kappa shape index (κ2) is 9.17. The lowest BCUT2D eigenvalue weighted by Gasteiger charge is -2.46. The molecule has 0 radical (unpaired) electrons. The van der Waals surface area contributed by atoms with Crippen LogP contribution in [0.5, 0.6) is 0 Å². The topological polar surface area (TPSA) is 77.2 Å². The standard InChI is InChI=1S/C26H30N4O2/c31-25(15-28-26(32)19-6-2-1-3-7-19)29-20-16-30(17-20)21-12-10-18(11-13-21)23-14-27-24-9-5-4-8-22(23)24/h1-9,14,18,20-21,27H,10-13,15-17H2,(H,28,32)(H,29,31)/t18-,21+. The minimum Gasteiger partial charge on any atom is -0.361 e. The Morgan fingerprint density at radius 1 is 0.938 bits per heavy atom. The molecule has 2 fully saturated rings. The average Bonchev–Trinajstić information content (AvgIpc) is 3.24. The van der Waals surface area contributed by atoms with Crippen LogP contribution < -0.4 is 10.6 Å². The number of fused-ring (bicyclic) bond motifs is 1. The summed E-state index contributed by atoms with van der Waals surface area (Å²) in [7, 11) is 0. The van der Waals surface area contributed by atoms with Gasteiger partial charge in [0, 0.05) is 41.8 Å². The van der Waals surface area contributed by atoms with Crippen molar-refractivity contribution in [1.29, 1.82) is 0 Å². The summed E-state index contributed by atoms with van der Waals surface area (Å²) in [5.74, 6) is 0.289. The molecule has 1 saturated heterocycles. The van der Waals surface area contributed by atoms with E-state index in [4.69, 9.17) is 0 Å². The first-order chi connectivity index (χ1) is 15.7. The fraction of sp³-hybridized carbons (Fsp3) is 0.385. The monoisotopic (exact) mass is 430 g/mol. The van der Waals surface area contributed by atoms with Gasteiger partial charge >= 0.3 is 0 Å². The lowest BCUT2D eigenvalue weighted by atomic mass is 9.80. The first-order valence-electron chi connectivity index (χ1n) is 11.6. The van der Waals surface area contributed by atoms with Gasteiger partial charge in [0.1, 0.15) is 0 Å². The van der Waals surface area contributed by atoms with Crippen LogP contribution in [0, 0.1) is 0 Å². The Hall–Kier alpha value is -3.12. The number of aromatic nitrogens is 1. The van der Waals surface area contributed by atoms with Gasteiger partial charge in [0.15, 0.2) is 0 Å². The summed E-state index contributed by atoms with van der Waals surface area (Å²) in [5.41, 5.74) is 3.26. The maximum Gasteiger partial charge on any atom is 0.251 e. The second-order valence-corrected chi connectivity index (χ2v) is 9.06. The van der Waals surface area contributed by atoms with Crippen molar-refractivity contribution < 1.29 is 9.59 Å². The van der Waals surface area contributed by atoms with E-state index in [1.165, 1.54) is 42.1 Å². The van der Waals surface area contributed by atoms with Gasteiger partial charge in [-0.15, -0.1) is 0 Å². The Bertz CT molecular complexity index is 1080. The molecule has 2 amide bonds. The highest BCUT2D eigenvalue weighted by atomic mass is 16.2. The number of carbonyl (C=O) groups is 2. The van der Waals surface area contributed by atoms with E-state index >= 15 is 0 Å². The minimum atomic E-state index is -0.219. The van der Waals surface area contributed by atoms with E-state index in [0.717, 1.165) is 13.1 Å². The number of nitrogens with one attached hydrogen (secondary N) is 3. The lowest BCUT2D eigenvalue weighted by molar-refractivity contribution is -0.122. The maximum absolute atomic E-state index is 12.2. The fourth-order valence-electron chi connectivity index (χ4n) is 5.22. The molecule has 2 aromatic carbocycles. The number of benzene rings is 2. The van der Waals surface area contributed by atoms with Gasteiger partial charge in [0.05, 0.1) is 12.6 Å². The van der Waals surface area contributed by atoms with Gasteiger partial charge in [0.2, 0.25) is 5.91 Å². The third-order valence-electron chi connectivity index (χ3n) is 6.99. The summed E-state index contributed by atoms with van der Waals surface area (Å²) in [6, 6.07) is 18.3. The van der Waals surface area contributed by atoms with E-state index < -0.39 is 0 Å². The molecule has 0 atom stereocenters. The van der Waals surface area contributed by atoms with Crippen LogP contribution in [-0.4, -0.2) is 53.4 Å². The van der Waals surface area contributed by atoms with Crippen LogP contribution in [0.4, 0.5) is 0 Å². The molecule has 2 heterocycles. The van der Waals surface area contributed by atoms with Gasteiger partial charge in [-0.1, -0.05) is 36.4 Å². The zero-order chi connectivity index (χ0) is 21.9. The molecule has 32 heavy (non-hydrogen) atoms. The zero-order valence-electron chi connectivity index (χ0n) is 18.2. The predicted molar refractivity (Wildman–Crippen MR) is 126 cm³/mol. The van der Waals surface area contributed by atoms with Crippen molar-refractivity contribution in [2.45, 2.75) is 43.7 Å². The molecule has 0 spiro atoms. The highest BCUT2D eigenvalue weighted by Crippen LogP contribution is 2.38. The van der Waals surface area contributed by atoms with Crippen LogP contribution in [0.1, 0.15) is 47.5 Å². The highest BCUT2D eigenvalue weighted by Gasteiger charge is 2.35. The number of amides is 2. The third kappa shape index (κ3) is 4.41. The minimum absolute atomic E-state index is 0.0138. The number of likely N-dealkylation sites (tertiary alicyclic amines) is 1. The van der Waals surface area contributed by atoms with Crippen molar-refractivity contribution in [3.05, 3.63) is 71.9 Å². The second-order valence-electron chi connectivity index (χ2n) is 9.06. The van der Waals surface area contributed by atoms with Gasteiger partial charge in [-0.05, 0) is 55.4 Å². The number of H-pyrrole nitrogens is 1. The molecule has 5 rings (SSSR count). The summed E-state index contributed by atoms with van der Waals surface area (Å²) in [5, 5.41) is 7.10. The number of hydrogen-bond acceptors (Lipinski definition) is 3. The Labute approximate surface area is 188 Å². The van der Waals surface area contributed by atoms with Crippen molar-refractivity contribution >= 4 is 22.7 Å². The number of para-hydroxylation sites is 1. The molecule has 1 aliphatic carbocycles. The third-order valence-corrected chi connectivity index (χ3v) is 6.99. The van der Waals surface area contributed by atoms with Gasteiger partial charge in [-0.25, -0.2) is 0 Å². The van der Waals surface area contributed by atoms with E-state index in [1.807, 2.05) is 18.2 Å². The van der Waals surface area contributed by atoms with Crippen LogP contribution in [0.2, 0.25) is 0 Å². The van der Waals surface area contributed by atoms with E-state index in [9.17, 15) is 9.59 Å². The van der Waals surface area contributed by atoms with E-state index in [0.29, 0.717) is 17.5 Å². The molecule has 6 nitrogen and oxygen atoms in total. The number of rotatable bonds is 6. The smallest absolute Gasteiger partial charge is 0.251 e. The molecule has 1 saturated carbocycles. The first-order valence-corrected chi connectivity index (χ1v) is 11.6. The van der Waals surface area contributed by atoms with Crippen LogP contribution in [0.3, 0.4) is 0 Å². The maximum atomic E-state index is 12.2. The molecular weight excluding hydrogens is 400 g/mol. The van der Waals surface area contributed by atoms with E-state index in [-0.39, 0.29) is 24.4 Å². The summed E-state index contributed by atoms with van der Waals surface area (Å²) in [6.07, 6.45) is 7.04. The number of nitrogens with zero attached hydrogens (tertiary/aromatic N) is 1. The summed E-state index contributed by atoms with van der Waals surface area (Å²) in [6.45, 7) is 1.82. The molecule has 0 unspecified atom stereocenters. The van der Waals surface area contributed by atoms with E-state index in [2.05, 4.69) is 51.0 Å². The Morgan fingerprint density at radius 2 is 1.66 bits per heavy atom. The molecule has 0 bridgehead atoms. The van der Waals surface area contributed by atoms with Crippen LogP contribution in [0.15, 0.2) is 60.8 Å². The number of carbonyl (C=O) groups excluding carboxylic acids is 2. The summed E-state index contributed by atoms with van der Waals surface area (Å²) < 4.78 is 0. The van der Waals surface area contributed by atoms with Crippen molar-refractivity contribution in [2.75, 3.05) is 19.6 Å². The molecule has 1 aliphatic heterocycles. The predicted octanol–water partition coefficient (Wildman–Crippen LogP) is 3.42. The van der Waals surface area contributed by atoms with Crippen LogP contribution in [0.25, 0.3) is 10.9 Å². The number of aromatic amines is 1. The van der Waals surface area contributed by atoms with Crippen molar-refractivity contribution in [3.63, 3.8) is 0 Å². The highest BCUT2D eigenvalue weighted by molar-refractivity contribution is 5.96. The van der Waals surface area contributed by atoms with Crippen molar-refractivity contribution in [2.24, 2.45) is 0 Å². The average molecular weight is 431 g/mol. The largest absolute Gasteiger partial charge is 0.361 e. The van der Waals surface area contributed by atoms with Gasteiger partial charge < -0.3 is 15.6 Å². The Balaban J connectivity index is 1.03. The molecule has 3 N–H and O–H groups in total. The van der Waals surface area contributed by atoms with Gasteiger partial charge in [0.25, 0.3) is 5.91 Å². The van der Waals surface area contributed by atoms with Crippen molar-refractivity contribution in [3.8, 4) is 0 Å². The molecule has 3 aromatic rings. The van der Waals surface area contributed by atoms with Crippen molar-refractivity contribution in [1.82, 2.24) is 20.5 Å². The van der Waals surface area contributed by atoms with Gasteiger partial charge in [-0.2, -0.15) is 0 Å². The normalized spacial score (nSPS) is 21.8. The Kier molecular flexibility index (Phi) is 5.95. The summed E-state index contributed by atoms with van der Waals surface area (Å²) >= 11 is 0. The molecule has 2 aliphatic rings. The SMILES string of the molecule is O=C(CNC(=O)c1ccccc1)NC1CN([C@H]2CC[C@@H](c3c[nH]c4ccccc43)CC2)C1. The van der Waals surface area contributed by atoms with Crippen LogP contribution in [-0.2, 0) is 4.79 Å². The molecule has 166 valence electrons. The fourth-order valence-corrected chi connectivity index (χ4v) is 5.22. The summed E-state index contributed by atoms with van der Waals surface area (Å²) in [4.78, 5) is 30.2. The first kappa shape index (κ1) is 20.8. The molecule has 1 aromatic heterocycles. The quantitative estimate of drug-likeness (QED) is 0.561. The van der Waals surface area contributed by atoms with E-state index in [1.54, 1.807) is 12.1 Å². The number of hydrogen-bond donors (Lipinski definition) is 3. The zero-order valence-corrected chi connectivity index (χ0v) is 18.2. The molecular formula is C26H30N4O2. The Morgan fingerprint density at radius 3 is 2.44 bits per heavy atom. The lowest BCUT2D eigenvalue weighted by Crippen LogP contribution is -2.63. The van der Waals surface area contributed by atoms with Crippen LogP contribution >= 0.6 is 0 Å².